The van der Waals surface area contributed by atoms with Gasteiger partial charge in [0.25, 0.3) is 0 Å². The van der Waals surface area contributed by atoms with Gasteiger partial charge in [0, 0.05) is 11.8 Å². The van der Waals surface area contributed by atoms with Crippen LogP contribution in [0.25, 0.3) is 11.3 Å². The molecule has 0 spiro atoms. The molecule has 82 valence electrons. The highest BCUT2D eigenvalue weighted by molar-refractivity contribution is 5.59. The Bertz CT molecular complexity index is 452. The van der Waals surface area contributed by atoms with Gasteiger partial charge in [-0.3, -0.25) is 4.98 Å². The Labute approximate surface area is 97.2 Å². The van der Waals surface area contributed by atoms with Crippen molar-refractivity contribution >= 4 is 0 Å². The van der Waals surface area contributed by atoms with E-state index < -0.39 is 0 Å². The lowest BCUT2D eigenvalue weighted by atomic mass is 10.0. The number of rotatable bonds is 2. The molecular weight excluding hydrogens is 194 g/mol. The first-order valence-corrected chi connectivity index (χ1v) is 5.70. The standard InChI is InChI=1S/C15H17N/c1-11(2)13-5-7-14(8-6-13)15-9-4-12(3)10-16-15/h4-11H,1-3H3. The minimum absolute atomic E-state index is 0.583. The average molecular weight is 211 g/mol. The number of hydrogen-bond acceptors (Lipinski definition) is 1. The van der Waals surface area contributed by atoms with Crippen molar-refractivity contribution in [1.29, 1.82) is 0 Å². The third-order valence-corrected chi connectivity index (χ3v) is 2.78. The Hall–Kier alpha value is -1.63. The van der Waals surface area contributed by atoms with Gasteiger partial charge in [0.15, 0.2) is 0 Å². The number of pyridine rings is 1. The summed E-state index contributed by atoms with van der Waals surface area (Å²) < 4.78 is 0. The van der Waals surface area contributed by atoms with Crippen molar-refractivity contribution in [2.24, 2.45) is 0 Å². The van der Waals surface area contributed by atoms with Crippen molar-refractivity contribution in [1.82, 2.24) is 4.98 Å². The number of aromatic nitrogens is 1. The lowest BCUT2D eigenvalue weighted by Gasteiger charge is -2.06. The van der Waals surface area contributed by atoms with Crippen LogP contribution in [-0.2, 0) is 0 Å². The van der Waals surface area contributed by atoms with Crippen LogP contribution in [0.5, 0.6) is 0 Å². The van der Waals surface area contributed by atoms with Crippen LogP contribution in [0.2, 0.25) is 0 Å². The van der Waals surface area contributed by atoms with Crippen LogP contribution in [0.15, 0.2) is 42.6 Å². The third-order valence-electron chi connectivity index (χ3n) is 2.78. The molecule has 0 aliphatic heterocycles. The summed E-state index contributed by atoms with van der Waals surface area (Å²) in [7, 11) is 0. The minimum atomic E-state index is 0.583. The van der Waals surface area contributed by atoms with Gasteiger partial charge in [-0.25, -0.2) is 0 Å². The molecule has 0 saturated heterocycles. The van der Waals surface area contributed by atoms with E-state index in [9.17, 15) is 0 Å². The molecule has 1 aromatic carbocycles. The summed E-state index contributed by atoms with van der Waals surface area (Å²) in [5.41, 5.74) is 4.80. The van der Waals surface area contributed by atoms with E-state index >= 15 is 0 Å². The molecule has 1 aromatic heterocycles. The highest BCUT2D eigenvalue weighted by Gasteiger charge is 2.01. The molecule has 0 amide bonds. The van der Waals surface area contributed by atoms with Gasteiger partial charge < -0.3 is 0 Å². The Morgan fingerprint density at radius 2 is 1.62 bits per heavy atom. The summed E-state index contributed by atoms with van der Waals surface area (Å²) in [5, 5.41) is 0. The second-order valence-electron chi connectivity index (χ2n) is 4.50. The smallest absolute Gasteiger partial charge is 0.0702 e. The van der Waals surface area contributed by atoms with Gasteiger partial charge in [-0.05, 0) is 30.0 Å². The van der Waals surface area contributed by atoms with E-state index in [4.69, 9.17) is 0 Å². The summed E-state index contributed by atoms with van der Waals surface area (Å²) >= 11 is 0. The van der Waals surface area contributed by atoms with E-state index in [1.54, 1.807) is 0 Å². The molecule has 1 heterocycles. The van der Waals surface area contributed by atoms with Crippen molar-refractivity contribution in [3.05, 3.63) is 53.7 Å². The van der Waals surface area contributed by atoms with Crippen molar-refractivity contribution in [2.45, 2.75) is 26.7 Å². The molecule has 0 atom stereocenters. The molecule has 0 aliphatic carbocycles. The van der Waals surface area contributed by atoms with Crippen molar-refractivity contribution in [2.75, 3.05) is 0 Å². The van der Waals surface area contributed by atoms with Crippen LogP contribution in [-0.4, -0.2) is 4.98 Å². The average Bonchev–Trinajstić information content (AvgIpc) is 2.30. The molecule has 16 heavy (non-hydrogen) atoms. The maximum atomic E-state index is 4.42. The van der Waals surface area contributed by atoms with Gasteiger partial charge >= 0.3 is 0 Å². The van der Waals surface area contributed by atoms with E-state index in [1.165, 1.54) is 16.7 Å². The molecule has 1 heteroatoms. The van der Waals surface area contributed by atoms with Crippen molar-refractivity contribution < 1.29 is 0 Å². The van der Waals surface area contributed by atoms with Crippen LogP contribution >= 0.6 is 0 Å². The molecular formula is C15H17N. The molecule has 2 rings (SSSR count). The number of nitrogens with zero attached hydrogens (tertiary/aromatic N) is 1. The summed E-state index contributed by atoms with van der Waals surface area (Å²) in [6.45, 7) is 6.47. The highest BCUT2D eigenvalue weighted by Crippen LogP contribution is 2.21. The zero-order chi connectivity index (χ0) is 11.5. The molecule has 1 nitrogen and oxygen atoms in total. The Morgan fingerprint density at radius 1 is 0.938 bits per heavy atom. The fraction of sp³-hybridized carbons (Fsp3) is 0.267. The number of hydrogen-bond donors (Lipinski definition) is 0. The van der Waals surface area contributed by atoms with Crippen molar-refractivity contribution in [3.8, 4) is 11.3 Å². The topological polar surface area (TPSA) is 12.9 Å². The SMILES string of the molecule is Cc1ccc(-c2ccc(C(C)C)cc2)nc1. The third kappa shape index (κ3) is 2.30. The minimum Gasteiger partial charge on any atom is -0.256 e. The summed E-state index contributed by atoms with van der Waals surface area (Å²) in [5.74, 6) is 0.583. The molecule has 0 radical (unpaired) electrons. The zero-order valence-electron chi connectivity index (χ0n) is 10.1. The van der Waals surface area contributed by atoms with Crippen LogP contribution in [0.1, 0.15) is 30.9 Å². The molecule has 0 saturated carbocycles. The first-order chi connectivity index (χ1) is 7.66. The predicted octanol–water partition coefficient (Wildman–Crippen LogP) is 4.18. The molecule has 0 fully saturated rings. The van der Waals surface area contributed by atoms with Gasteiger partial charge in [0.2, 0.25) is 0 Å². The molecule has 0 bridgehead atoms. The van der Waals surface area contributed by atoms with Gasteiger partial charge in [-0.15, -0.1) is 0 Å². The maximum Gasteiger partial charge on any atom is 0.0702 e. The summed E-state index contributed by atoms with van der Waals surface area (Å²) in [6, 6.07) is 12.8. The summed E-state index contributed by atoms with van der Waals surface area (Å²) in [6.07, 6.45) is 1.91. The first-order valence-electron chi connectivity index (χ1n) is 5.70. The second kappa shape index (κ2) is 4.48. The van der Waals surface area contributed by atoms with Gasteiger partial charge in [0.1, 0.15) is 0 Å². The predicted molar refractivity (Wildman–Crippen MR) is 68.5 cm³/mol. The normalized spacial score (nSPS) is 10.8. The molecule has 0 unspecified atom stereocenters. The maximum absolute atomic E-state index is 4.42. The highest BCUT2D eigenvalue weighted by atomic mass is 14.7. The molecule has 0 N–H and O–H groups in total. The fourth-order valence-electron chi connectivity index (χ4n) is 1.68. The quantitative estimate of drug-likeness (QED) is 0.726. The van der Waals surface area contributed by atoms with Crippen LogP contribution in [0, 0.1) is 6.92 Å². The van der Waals surface area contributed by atoms with E-state index in [-0.39, 0.29) is 0 Å². The molecule has 0 aliphatic rings. The Kier molecular flexibility index (Phi) is 3.04. The van der Waals surface area contributed by atoms with Crippen LogP contribution < -0.4 is 0 Å². The number of benzene rings is 1. The van der Waals surface area contributed by atoms with Crippen LogP contribution in [0.3, 0.4) is 0 Å². The Balaban J connectivity index is 2.31. The van der Waals surface area contributed by atoms with Crippen LogP contribution in [0.4, 0.5) is 0 Å². The number of aryl methyl sites for hydroxylation is 1. The Morgan fingerprint density at radius 3 is 2.12 bits per heavy atom. The zero-order valence-corrected chi connectivity index (χ0v) is 10.1. The van der Waals surface area contributed by atoms with E-state index in [0.29, 0.717) is 5.92 Å². The monoisotopic (exact) mass is 211 g/mol. The fourth-order valence-corrected chi connectivity index (χ4v) is 1.68. The van der Waals surface area contributed by atoms with E-state index in [0.717, 1.165) is 5.69 Å². The lowest BCUT2D eigenvalue weighted by molar-refractivity contribution is 0.867. The lowest BCUT2D eigenvalue weighted by Crippen LogP contribution is -1.88. The summed E-state index contributed by atoms with van der Waals surface area (Å²) in [4.78, 5) is 4.42. The van der Waals surface area contributed by atoms with Gasteiger partial charge in [0.05, 0.1) is 5.69 Å². The van der Waals surface area contributed by atoms with Gasteiger partial charge in [-0.2, -0.15) is 0 Å². The largest absolute Gasteiger partial charge is 0.256 e. The molecule has 2 aromatic rings. The first kappa shape index (κ1) is 10.9. The van der Waals surface area contributed by atoms with Crippen molar-refractivity contribution in [3.63, 3.8) is 0 Å². The van der Waals surface area contributed by atoms with E-state index in [1.807, 2.05) is 6.20 Å². The van der Waals surface area contributed by atoms with Gasteiger partial charge in [-0.1, -0.05) is 44.2 Å². The van der Waals surface area contributed by atoms with E-state index in [2.05, 4.69) is 62.2 Å². The second-order valence-corrected chi connectivity index (χ2v) is 4.50.